The van der Waals surface area contributed by atoms with Crippen molar-refractivity contribution in [3.63, 3.8) is 0 Å². The number of carbonyl (C=O) groups is 1. The van der Waals surface area contributed by atoms with E-state index in [0.717, 1.165) is 0 Å². The number of phenolic OH excluding ortho intramolecular Hbond substituents is 1. The van der Waals surface area contributed by atoms with Crippen LogP contribution in [0.5, 0.6) is 11.5 Å². The summed E-state index contributed by atoms with van der Waals surface area (Å²) < 4.78 is 18.6. The lowest BCUT2D eigenvalue weighted by Crippen LogP contribution is -2.13. The lowest BCUT2D eigenvalue weighted by Gasteiger charge is -2.09. The zero-order valence-corrected chi connectivity index (χ0v) is 11.2. The second-order valence-corrected chi connectivity index (χ2v) is 4.40. The molecule has 0 heterocycles. The zero-order chi connectivity index (χ0) is 14.7. The molecule has 0 saturated carbocycles. The first kappa shape index (κ1) is 14.1. The molecule has 0 saturated heterocycles. The first-order valence-corrected chi connectivity index (χ1v) is 6.02. The lowest BCUT2D eigenvalue weighted by molar-refractivity contribution is 0.102. The van der Waals surface area contributed by atoms with Crippen LogP contribution in [0.15, 0.2) is 36.4 Å². The van der Waals surface area contributed by atoms with E-state index in [0.29, 0.717) is 10.8 Å². The topological polar surface area (TPSA) is 58.6 Å². The van der Waals surface area contributed by atoms with Crippen molar-refractivity contribution in [3.8, 4) is 11.5 Å². The third-order valence-electron chi connectivity index (χ3n) is 2.62. The number of rotatable bonds is 3. The predicted octanol–water partition coefficient (Wildman–Crippen LogP) is 3.45. The van der Waals surface area contributed by atoms with Crippen molar-refractivity contribution in [1.82, 2.24) is 0 Å². The molecule has 104 valence electrons. The molecule has 0 bridgehead atoms. The van der Waals surface area contributed by atoms with Crippen LogP contribution in [-0.2, 0) is 0 Å². The molecule has 2 N–H and O–H groups in total. The third kappa shape index (κ3) is 3.00. The van der Waals surface area contributed by atoms with Crippen molar-refractivity contribution in [1.29, 1.82) is 0 Å². The Labute approximate surface area is 119 Å². The summed E-state index contributed by atoms with van der Waals surface area (Å²) in [5.41, 5.74) is -0.0894. The van der Waals surface area contributed by atoms with Crippen LogP contribution in [0.3, 0.4) is 0 Å². The molecule has 2 aromatic carbocycles. The molecular formula is C14H11ClFNO3. The Morgan fingerprint density at radius 3 is 2.75 bits per heavy atom. The van der Waals surface area contributed by atoms with E-state index in [2.05, 4.69) is 5.32 Å². The number of phenols is 1. The Morgan fingerprint density at radius 2 is 2.05 bits per heavy atom. The van der Waals surface area contributed by atoms with Gasteiger partial charge in [-0.2, -0.15) is 0 Å². The van der Waals surface area contributed by atoms with Gasteiger partial charge in [-0.1, -0.05) is 11.6 Å². The van der Waals surface area contributed by atoms with Gasteiger partial charge in [-0.25, -0.2) is 4.39 Å². The molecule has 0 aliphatic rings. The molecule has 1 amide bonds. The van der Waals surface area contributed by atoms with Gasteiger partial charge in [0.2, 0.25) is 0 Å². The van der Waals surface area contributed by atoms with Crippen LogP contribution in [0.25, 0.3) is 0 Å². The van der Waals surface area contributed by atoms with Crippen molar-refractivity contribution in [2.24, 2.45) is 0 Å². The van der Waals surface area contributed by atoms with Crippen LogP contribution in [0.2, 0.25) is 5.02 Å². The van der Waals surface area contributed by atoms with Gasteiger partial charge >= 0.3 is 0 Å². The standard InChI is InChI=1S/C14H11ClFNO3/c1-20-9-3-4-11(16)12(7-9)17-14(19)10-6-8(15)2-5-13(10)18/h2-7,18H,1H3,(H,17,19). The minimum absolute atomic E-state index is 0.0419. The minimum atomic E-state index is -0.669. The van der Waals surface area contributed by atoms with E-state index in [-0.39, 0.29) is 17.0 Å². The molecule has 0 fully saturated rings. The number of ether oxygens (including phenoxy) is 1. The Bertz CT molecular complexity index is 661. The molecule has 0 spiro atoms. The van der Waals surface area contributed by atoms with Gasteiger partial charge in [0.1, 0.15) is 17.3 Å². The number of anilines is 1. The molecule has 0 aromatic heterocycles. The summed E-state index contributed by atoms with van der Waals surface area (Å²) in [7, 11) is 1.43. The number of hydrogen-bond donors (Lipinski definition) is 2. The second kappa shape index (κ2) is 5.79. The van der Waals surface area contributed by atoms with Crippen LogP contribution in [-0.4, -0.2) is 18.1 Å². The van der Waals surface area contributed by atoms with E-state index in [1.807, 2.05) is 0 Å². The van der Waals surface area contributed by atoms with E-state index >= 15 is 0 Å². The second-order valence-electron chi connectivity index (χ2n) is 3.96. The number of benzene rings is 2. The molecule has 4 nitrogen and oxygen atoms in total. The fourth-order valence-corrected chi connectivity index (χ4v) is 1.78. The molecule has 0 unspecified atom stereocenters. The van der Waals surface area contributed by atoms with Crippen molar-refractivity contribution in [2.45, 2.75) is 0 Å². The molecule has 0 radical (unpaired) electrons. The van der Waals surface area contributed by atoms with Gasteiger partial charge < -0.3 is 15.2 Å². The maximum Gasteiger partial charge on any atom is 0.259 e. The average molecular weight is 296 g/mol. The molecule has 0 atom stereocenters. The highest BCUT2D eigenvalue weighted by Crippen LogP contribution is 2.25. The van der Waals surface area contributed by atoms with Gasteiger partial charge in [-0.3, -0.25) is 4.79 Å². The molecule has 20 heavy (non-hydrogen) atoms. The van der Waals surface area contributed by atoms with E-state index in [1.54, 1.807) is 0 Å². The van der Waals surface area contributed by atoms with Gasteiger partial charge in [-0.15, -0.1) is 0 Å². The van der Waals surface area contributed by atoms with E-state index in [9.17, 15) is 14.3 Å². The van der Waals surface area contributed by atoms with E-state index < -0.39 is 11.7 Å². The van der Waals surface area contributed by atoms with Crippen molar-refractivity contribution >= 4 is 23.2 Å². The molecule has 2 aromatic rings. The molecule has 6 heteroatoms. The highest BCUT2D eigenvalue weighted by atomic mass is 35.5. The Balaban J connectivity index is 2.30. The lowest BCUT2D eigenvalue weighted by atomic mass is 10.2. The monoisotopic (exact) mass is 295 g/mol. The summed E-state index contributed by atoms with van der Waals surface area (Å²) in [6, 6.07) is 7.98. The summed E-state index contributed by atoms with van der Waals surface area (Å²) in [6.45, 7) is 0. The zero-order valence-electron chi connectivity index (χ0n) is 10.5. The summed E-state index contributed by atoms with van der Waals surface area (Å²) in [5.74, 6) is -1.12. The number of aromatic hydroxyl groups is 1. The fraction of sp³-hybridized carbons (Fsp3) is 0.0714. The van der Waals surface area contributed by atoms with Crippen molar-refractivity contribution in [2.75, 3.05) is 12.4 Å². The Morgan fingerprint density at radius 1 is 1.30 bits per heavy atom. The van der Waals surface area contributed by atoms with Crippen LogP contribution < -0.4 is 10.1 Å². The minimum Gasteiger partial charge on any atom is -0.507 e. The number of halogens is 2. The van der Waals surface area contributed by atoms with Gasteiger partial charge in [0.15, 0.2) is 0 Å². The molecule has 0 aliphatic heterocycles. The molecule has 0 aliphatic carbocycles. The number of amides is 1. The smallest absolute Gasteiger partial charge is 0.259 e. The maximum atomic E-state index is 13.6. The largest absolute Gasteiger partial charge is 0.507 e. The van der Waals surface area contributed by atoms with E-state index in [1.165, 1.54) is 43.5 Å². The first-order valence-electron chi connectivity index (χ1n) is 5.64. The van der Waals surface area contributed by atoms with E-state index in [4.69, 9.17) is 16.3 Å². The Hall–Kier alpha value is -2.27. The van der Waals surface area contributed by atoms with Crippen molar-refractivity contribution < 1.29 is 19.0 Å². The summed E-state index contributed by atoms with van der Waals surface area (Å²) in [4.78, 5) is 12.0. The predicted molar refractivity (Wildman–Crippen MR) is 74.0 cm³/mol. The Kier molecular flexibility index (Phi) is 4.10. The number of nitrogens with one attached hydrogen (secondary N) is 1. The highest BCUT2D eigenvalue weighted by molar-refractivity contribution is 6.31. The van der Waals surface area contributed by atoms with Crippen LogP contribution in [0.1, 0.15) is 10.4 Å². The van der Waals surface area contributed by atoms with Crippen LogP contribution in [0, 0.1) is 5.82 Å². The summed E-state index contributed by atoms with van der Waals surface area (Å²) in [6.07, 6.45) is 0. The molecular weight excluding hydrogens is 285 g/mol. The van der Waals surface area contributed by atoms with Gasteiger partial charge in [0.25, 0.3) is 5.91 Å². The molecule has 2 rings (SSSR count). The number of carbonyl (C=O) groups excluding carboxylic acids is 1. The van der Waals surface area contributed by atoms with Gasteiger partial charge in [0.05, 0.1) is 18.4 Å². The maximum absolute atomic E-state index is 13.6. The average Bonchev–Trinajstić information content (AvgIpc) is 2.43. The summed E-state index contributed by atoms with van der Waals surface area (Å²) >= 11 is 5.76. The quantitative estimate of drug-likeness (QED) is 0.912. The van der Waals surface area contributed by atoms with Crippen LogP contribution in [0.4, 0.5) is 10.1 Å². The van der Waals surface area contributed by atoms with Crippen molar-refractivity contribution in [3.05, 3.63) is 52.8 Å². The fourth-order valence-electron chi connectivity index (χ4n) is 1.61. The van der Waals surface area contributed by atoms with Gasteiger partial charge in [0, 0.05) is 11.1 Å². The SMILES string of the molecule is COc1ccc(F)c(NC(=O)c2cc(Cl)ccc2O)c1. The highest BCUT2D eigenvalue weighted by Gasteiger charge is 2.14. The van der Waals surface area contributed by atoms with Gasteiger partial charge in [-0.05, 0) is 30.3 Å². The number of methoxy groups -OCH3 is 1. The number of hydrogen-bond acceptors (Lipinski definition) is 3. The first-order chi connectivity index (χ1) is 9.51. The summed E-state index contributed by atoms with van der Waals surface area (Å²) in [5, 5.41) is 12.3. The van der Waals surface area contributed by atoms with Crippen LogP contribution >= 0.6 is 11.6 Å². The third-order valence-corrected chi connectivity index (χ3v) is 2.86. The normalized spacial score (nSPS) is 10.2.